The Bertz CT molecular complexity index is 140. The molecule has 1 nitrogen and oxygen atoms in total. The van der Waals surface area contributed by atoms with Crippen LogP contribution in [0.5, 0.6) is 0 Å². The van der Waals surface area contributed by atoms with Crippen molar-refractivity contribution in [2.75, 3.05) is 6.61 Å². The molecule has 0 bridgehead atoms. The molecule has 0 aromatic carbocycles. The number of rotatable bonds is 5. The van der Waals surface area contributed by atoms with E-state index in [-0.39, 0.29) is 0 Å². The van der Waals surface area contributed by atoms with E-state index in [9.17, 15) is 0 Å². The predicted octanol–water partition coefficient (Wildman–Crippen LogP) is 3.79. The molecule has 0 aromatic rings. The Balaban J connectivity index is 3.31. The van der Waals surface area contributed by atoms with Gasteiger partial charge in [-0.1, -0.05) is 32.9 Å². The zero-order chi connectivity index (χ0) is 10.3. The number of hydrogen-bond donors (Lipinski definition) is 0. The maximum atomic E-state index is 5.44. The Morgan fingerprint density at radius 1 is 1.23 bits per heavy atom. The third kappa shape index (κ3) is 11.7. The molecule has 78 valence electrons. The predicted molar refractivity (Wildman–Crippen MR) is 58.9 cm³/mol. The summed E-state index contributed by atoms with van der Waals surface area (Å²) in [5, 5.41) is 0. The summed E-state index contributed by atoms with van der Waals surface area (Å²) >= 11 is 0. The lowest BCUT2D eigenvalue weighted by atomic mass is 9.96. The molecule has 0 amide bonds. The van der Waals surface area contributed by atoms with Gasteiger partial charge in [-0.05, 0) is 32.1 Å². The van der Waals surface area contributed by atoms with Crippen LogP contribution in [0, 0.1) is 5.41 Å². The van der Waals surface area contributed by atoms with Gasteiger partial charge >= 0.3 is 0 Å². The lowest BCUT2D eigenvalue weighted by Crippen LogP contribution is -2.03. The molecule has 0 radical (unpaired) electrons. The minimum atomic E-state index is 0.318. The van der Waals surface area contributed by atoms with E-state index in [1.54, 1.807) is 0 Å². The van der Waals surface area contributed by atoms with E-state index in [1.807, 2.05) is 0 Å². The second-order valence-corrected chi connectivity index (χ2v) is 4.83. The minimum Gasteiger partial charge on any atom is -0.379 e. The monoisotopic (exact) mass is 184 g/mol. The van der Waals surface area contributed by atoms with Crippen LogP contribution in [0.4, 0.5) is 0 Å². The highest BCUT2D eigenvalue weighted by Gasteiger charge is 2.02. The molecule has 0 N–H and O–H groups in total. The topological polar surface area (TPSA) is 9.23 Å². The van der Waals surface area contributed by atoms with Crippen molar-refractivity contribution in [2.24, 2.45) is 5.41 Å². The van der Waals surface area contributed by atoms with Crippen LogP contribution in [0.3, 0.4) is 0 Å². The molecule has 0 spiro atoms. The van der Waals surface area contributed by atoms with Gasteiger partial charge in [0.05, 0.1) is 6.10 Å². The van der Waals surface area contributed by atoms with Crippen molar-refractivity contribution in [1.29, 1.82) is 0 Å². The van der Waals surface area contributed by atoms with E-state index in [2.05, 4.69) is 46.8 Å². The molecule has 0 rings (SSSR count). The van der Waals surface area contributed by atoms with Crippen molar-refractivity contribution < 1.29 is 4.74 Å². The van der Waals surface area contributed by atoms with Gasteiger partial charge in [0, 0.05) is 6.61 Å². The Kier molecular flexibility index (Phi) is 6.06. The highest BCUT2D eigenvalue weighted by molar-refractivity contribution is 4.91. The number of allylic oxidation sites excluding steroid dienone is 2. The fraction of sp³-hybridized carbons (Fsp3) is 0.833. The summed E-state index contributed by atoms with van der Waals surface area (Å²) in [5.74, 6) is 0. The first-order valence-corrected chi connectivity index (χ1v) is 5.21. The van der Waals surface area contributed by atoms with Crippen molar-refractivity contribution in [1.82, 2.24) is 0 Å². The maximum absolute atomic E-state index is 5.44. The summed E-state index contributed by atoms with van der Waals surface area (Å²) in [6.45, 7) is 11.7. The molecule has 0 atom stereocenters. The smallest absolute Gasteiger partial charge is 0.0518 e. The van der Waals surface area contributed by atoms with Crippen LogP contribution in [-0.4, -0.2) is 12.7 Å². The van der Waals surface area contributed by atoms with Crippen molar-refractivity contribution in [2.45, 2.75) is 53.6 Å². The van der Waals surface area contributed by atoms with Crippen LogP contribution in [0.1, 0.15) is 47.5 Å². The van der Waals surface area contributed by atoms with Crippen LogP contribution in [0.2, 0.25) is 0 Å². The fourth-order valence-corrected chi connectivity index (χ4v) is 0.957. The second-order valence-electron chi connectivity index (χ2n) is 4.83. The van der Waals surface area contributed by atoms with E-state index in [4.69, 9.17) is 4.74 Å². The standard InChI is InChI=1S/C12H24O/c1-11(2)13-10-8-6-7-9-12(3,4)5/h7,9,11H,6,8,10H2,1-5H3/b9-7-. The number of unbranched alkanes of at least 4 members (excludes halogenated alkanes) is 1. The highest BCUT2D eigenvalue weighted by atomic mass is 16.5. The zero-order valence-corrected chi connectivity index (χ0v) is 9.76. The largest absolute Gasteiger partial charge is 0.379 e. The molecular formula is C12H24O. The van der Waals surface area contributed by atoms with Crippen LogP contribution in [-0.2, 0) is 4.74 Å². The zero-order valence-electron chi connectivity index (χ0n) is 9.76. The molecule has 0 saturated carbocycles. The Morgan fingerprint density at radius 2 is 1.85 bits per heavy atom. The Morgan fingerprint density at radius 3 is 2.31 bits per heavy atom. The summed E-state index contributed by atoms with van der Waals surface area (Å²) < 4.78 is 5.44. The number of ether oxygens (including phenoxy) is 1. The Hall–Kier alpha value is -0.300. The Labute approximate surface area is 83.2 Å². The molecule has 0 aromatic heterocycles. The fourth-order valence-electron chi connectivity index (χ4n) is 0.957. The van der Waals surface area contributed by atoms with Crippen LogP contribution in [0.25, 0.3) is 0 Å². The van der Waals surface area contributed by atoms with Gasteiger partial charge in [-0.3, -0.25) is 0 Å². The minimum absolute atomic E-state index is 0.318. The molecule has 1 heteroatoms. The first-order chi connectivity index (χ1) is 5.92. The van der Waals surface area contributed by atoms with Gasteiger partial charge < -0.3 is 4.74 Å². The van der Waals surface area contributed by atoms with Crippen molar-refractivity contribution >= 4 is 0 Å². The molecule has 13 heavy (non-hydrogen) atoms. The van der Waals surface area contributed by atoms with Crippen molar-refractivity contribution in [3.63, 3.8) is 0 Å². The molecule has 0 unspecified atom stereocenters. The van der Waals surface area contributed by atoms with Gasteiger partial charge in [0.15, 0.2) is 0 Å². The molecule has 0 fully saturated rings. The highest BCUT2D eigenvalue weighted by Crippen LogP contribution is 2.14. The first kappa shape index (κ1) is 12.7. The lowest BCUT2D eigenvalue weighted by Gasteiger charge is -2.11. The summed E-state index contributed by atoms with van der Waals surface area (Å²) in [6, 6.07) is 0. The van der Waals surface area contributed by atoms with E-state index < -0.39 is 0 Å². The van der Waals surface area contributed by atoms with Crippen LogP contribution >= 0.6 is 0 Å². The maximum Gasteiger partial charge on any atom is 0.0518 e. The van der Waals surface area contributed by atoms with Gasteiger partial charge in [-0.25, -0.2) is 0 Å². The average Bonchev–Trinajstić information content (AvgIpc) is 1.93. The quantitative estimate of drug-likeness (QED) is 0.466. The van der Waals surface area contributed by atoms with Gasteiger partial charge in [0.25, 0.3) is 0 Å². The van der Waals surface area contributed by atoms with Gasteiger partial charge in [0.1, 0.15) is 0 Å². The van der Waals surface area contributed by atoms with Crippen molar-refractivity contribution in [3.8, 4) is 0 Å². The van der Waals surface area contributed by atoms with Gasteiger partial charge in [-0.15, -0.1) is 0 Å². The second kappa shape index (κ2) is 6.20. The van der Waals surface area contributed by atoms with Crippen LogP contribution < -0.4 is 0 Å². The number of hydrogen-bond acceptors (Lipinski definition) is 1. The van der Waals surface area contributed by atoms with Crippen LogP contribution in [0.15, 0.2) is 12.2 Å². The molecule has 0 aliphatic carbocycles. The third-order valence-corrected chi connectivity index (χ3v) is 1.58. The van der Waals surface area contributed by atoms with E-state index in [1.165, 1.54) is 0 Å². The third-order valence-electron chi connectivity index (χ3n) is 1.58. The first-order valence-electron chi connectivity index (χ1n) is 5.21. The average molecular weight is 184 g/mol. The summed E-state index contributed by atoms with van der Waals surface area (Å²) in [4.78, 5) is 0. The molecular weight excluding hydrogens is 160 g/mol. The van der Waals surface area contributed by atoms with Crippen molar-refractivity contribution in [3.05, 3.63) is 12.2 Å². The van der Waals surface area contributed by atoms with Gasteiger partial charge in [-0.2, -0.15) is 0 Å². The molecule has 0 aliphatic rings. The van der Waals surface area contributed by atoms with Gasteiger partial charge in [0.2, 0.25) is 0 Å². The van der Waals surface area contributed by atoms with E-state index >= 15 is 0 Å². The van der Waals surface area contributed by atoms with E-state index in [0.29, 0.717) is 11.5 Å². The van der Waals surface area contributed by atoms with E-state index in [0.717, 1.165) is 19.4 Å². The SMILES string of the molecule is CC(C)OCCC/C=C\C(C)(C)C. The molecule has 0 saturated heterocycles. The lowest BCUT2D eigenvalue weighted by molar-refractivity contribution is 0.0775. The summed E-state index contributed by atoms with van der Waals surface area (Å²) in [5.41, 5.74) is 0.318. The summed E-state index contributed by atoms with van der Waals surface area (Å²) in [7, 11) is 0. The molecule has 0 aliphatic heterocycles. The normalized spacial score (nSPS) is 13.1. The summed E-state index contributed by atoms with van der Waals surface area (Å²) in [6.07, 6.45) is 7.15. The molecule has 0 heterocycles.